The van der Waals surface area contributed by atoms with Crippen LogP contribution in [-0.4, -0.2) is 32.8 Å². The Hall–Kier alpha value is -3.75. The standard InChI is InChI=1S/C20H12ClF8N5O2/c1-34-14(13(19(24,25)26)15(33-34)18(22,23)20(27,28)29)17(36)31-9-5-6-11(21)10(8-9)16(35)32-12-4-2-3-7-30-12/h2-8H,1H3,(H,31,36)(H,30,32,35). The summed E-state index contributed by atoms with van der Waals surface area (Å²) in [4.78, 5) is 29.0. The summed E-state index contributed by atoms with van der Waals surface area (Å²) in [6.07, 6.45) is -10.9. The zero-order valence-corrected chi connectivity index (χ0v) is 18.4. The molecule has 0 fully saturated rings. The number of carbonyl (C=O) groups excluding carboxylic acids is 2. The summed E-state index contributed by atoms with van der Waals surface area (Å²) in [7, 11) is 0.591. The van der Waals surface area contributed by atoms with Gasteiger partial charge in [0.25, 0.3) is 11.8 Å². The average Bonchev–Trinajstić information content (AvgIpc) is 3.13. The predicted octanol–water partition coefficient (Wildman–Crippen LogP) is 5.65. The molecule has 2 aromatic heterocycles. The fraction of sp³-hybridized carbons (Fsp3) is 0.200. The zero-order chi connectivity index (χ0) is 27.1. The first kappa shape index (κ1) is 26.8. The maximum atomic E-state index is 13.8. The predicted molar refractivity (Wildman–Crippen MR) is 110 cm³/mol. The van der Waals surface area contributed by atoms with Crippen molar-refractivity contribution in [2.75, 3.05) is 10.6 Å². The molecule has 7 nitrogen and oxygen atoms in total. The Kier molecular flexibility index (Phi) is 6.99. The smallest absolute Gasteiger partial charge is 0.321 e. The molecule has 36 heavy (non-hydrogen) atoms. The molecule has 16 heteroatoms. The van der Waals surface area contributed by atoms with Crippen molar-refractivity contribution >= 4 is 34.9 Å². The summed E-state index contributed by atoms with van der Waals surface area (Å²) < 4.78 is 107. The Morgan fingerprint density at radius 3 is 2.17 bits per heavy atom. The van der Waals surface area contributed by atoms with E-state index in [0.717, 1.165) is 18.2 Å². The second-order valence-electron chi connectivity index (χ2n) is 7.08. The van der Waals surface area contributed by atoms with Crippen LogP contribution >= 0.6 is 11.6 Å². The van der Waals surface area contributed by atoms with Crippen molar-refractivity contribution in [3.8, 4) is 0 Å². The van der Waals surface area contributed by atoms with Crippen molar-refractivity contribution in [3.05, 3.63) is 70.1 Å². The molecule has 0 bridgehead atoms. The molecule has 0 saturated carbocycles. The number of halogens is 9. The van der Waals surface area contributed by atoms with Crippen LogP contribution in [0.1, 0.15) is 32.1 Å². The highest BCUT2D eigenvalue weighted by molar-refractivity contribution is 6.34. The van der Waals surface area contributed by atoms with E-state index in [2.05, 4.69) is 15.4 Å². The van der Waals surface area contributed by atoms with Gasteiger partial charge in [0.15, 0.2) is 5.69 Å². The number of nitrogens with one attached hydrogen (secondary N) is 2. The van der Waals surface area contributed by atoms with Gasteiger partial charge in [0.1, 0.15) is 17.1 Å². The molecule has 2 heterocycles. The number of pyridine rings is 1. The molecule has 0 aliphatic heterocycles. The summed E-state index contributed by atoms with van der Waals surface area (Å²) in [5, 5.41) is 6.83. The lowest BCUT2D eigenvalue weighted by atomic mass is 10.1. The number of benzene rings is 1. The molecule has 192 valence electrons. The van der Waals surface area contributed by atoms with Crippen LogP contribution < -0.4 is 10.6 Å². The number of hydrogen-bond acceptors (Lipinski definition) is 4. The molecule has 0 unspecified atom stereocenters. The molecule has 2 amide bonds. The van der Waals surface area contributed by atoms with Crippen molar-refractivity contribution in [1.82, 2.24) is 14.8 Å². The number of anilines is 2. The van der Waals surface area contributed by atoms with Crippen LogP contribution in [0.5, 0.6) is 0 Å². The number of nitrogens with zero attached hydrogens (tertiary/aromatic N) is 3. The summed E-state index contributed by atoms with van der Waals surface area (Å²) in [5.74, 6) is -8.43. The number of alkyl halides is 8. The second-order valence-corrected chi connectivity index (χ2v) is 7.49. The van der Waals surface area contributed by atoms with Crippen LogP contribution in [0.4, 0.5) is 46.6 Å². The fourth-order valence-corrected chi connectivity index (χ4v) is 3.20. The highest BCUT2D eigenvalue weighted by Gasteiger charge is 2.64. The molecule has 0 atom stereocenters. The van der Waals surface area contributed by atoms with E-state index in [-0.39, 0.29) is 26.8 Å². The molecular weight excluding hydrogens is 530 g/mol. The van der Waals surface area contributed by atoms with Gasteiger partial charge in [-0.3, -0.25) is 14.3 Å². The van der Waals surface area contributed by atoms with Crippen LogP contribution in [0.25, 0.3) is 0 Å². The van der Waals surface area contributed by atoms with Crippen molar-refractivity contribution in [2.24, 2.45) is 7.05 Å². The minimum atomic E-state index is -6.42. The van der Waals surface area contributed by atoms with Gasteiger partial charge in [-0.05, 0) is 30.3 Å². The van der Waals surface area contributed by atoms with Crippen LogP contribution in [0, 0.1) is 0 Å². The molecule has 0 aliphatic rings. The lowest BCUT2D eigenvalue weighted by Gasteiger charge is -2.19. The number of carbonyl (C=O) groups is 2. The van der Waals surface area contributed by atoms with Crippen molar-refractivity contribution in [2.45, 2.75) is 18.3 Å². The molecule has 0 saturated heterocycles. The Morgan fingerprint density at radius 2 is 1.61 bits per heavy atom. The topological polar surface area (TPSA) is 88.9 Å². The van der Waals surface area contributed by atoms with Gasteiger partial charge in [0, 0.05) is 18.9 Å². The summed E-state index contributed by atoms with van der Waals surface area (Å²) in [6.45, 7) is 0. The van der Waals surface area contributed by atoms with E-state index < -0.39 is 47.0 Å². The van der Waals surface area contributed by atoms with E-state index in [1.165, 1.54) is 12.3 Å². The van der Waals surface area contributed by atoms with E-state index in [0.29, 0.717) is 7.05 Å². The third-order valence-corrected chi connectivity index (χ3v) is 4.90. The average molecular weight is 542 g/mol. The molecular formula is C20H12ClF8N5O2. The highest BCUT2D eigenvalue weighted by Crippen LogP contribution is 2.48. The fourth-order valence-electron chi connectivity index (χ4n) is 2.99. The molecule has 3 rings (SSSR count). The van der Waals surface area contributed by atoms with Gasteiger partial charge in [-0.25, -0.2) is 4.98 Å². The van der Waals surface area contributed by atoms with Gasteiger partial charge in [0.2, 0.25) is 0 Å². The first-order chi connectivity index (χ1) is 16.5. The van der Waals surface area contributed by atoms with Gasteiger partial charge in [-0.15, -0.1) is 0 Å². The molecule has 0 spiro atoms. The van der Waals surface area contributed by atoms with Crippen molar-refractivity contribution < 1.29 is 44.7 Å². The SMILES string of the molecule is Cn1nc(C(F)(F)C(F)(F)F)c(C(F)(F)F)c1C(=O)Nc1ccc(Cl)c(C(=O)Nc2ccccn2)c1. The highest BCUT2D eigenvalue weighted by atomic mass is 35.5. The van der Waals surface area contributed by atoms with E-state index in [9.17, 15) is 44.7 Å². The van der Waals surface area contributed by atoms with E-state index in [1.54, 1.807) is 12.1 Å². The van der Waals surface area contributed by atoms with Crippen molar-refractivity contribution in [1.29, 1.82) is 0 Å². The maximum absolute atomic E-state index is 13.8. The van der Waals surface area contributed by atoms with E-state index in [4.69, 9.17) is 11.6 Å². The number of aromatic nitrogens is 3. The quantitative estimate of drug-likeness (QED) is 0.409. The second kappa shape index (κ2) is 9.37. The summed E-state index contributed by atoms with van der Waals surface area (Å²) in [6, 6.07) is 7.68. The minimum Gasteiger partial charge on any atom is -0.321 e. The number of aryl methyl sites for hydroxylation is 1. The van der Waals surface area contributed by atoms with Gasteiger partial charge in [-0.1, -0.05) is 17.7 Å². The normalized spacial score (nSPS) is 12.4. The van der Waals surface area contributed by atoms with Gasteiger partial charge in [0.05, 0.1) is 10.6 Å². The summed E-state index contributed by atoms with van der Waals surface area (Å²) >= 11 is 5.97. The Balaban J connectivity index is 1.99. The van der Waals surface area contributed by atoms with Gasteiger partial charge >= 0.3 is 18.3 Å². The maximum Gasteiger partial charge on any atom is 0.459 e. The third kappa shape index (κ3) is 5.24. The Labute approximate surface area is 201 Å². The molecule has 3 aromatic rings. The van der Waals surface area contributed by atoms with E-state index in [1.807, 2.05) is 5.32 Å². The van der Waals surface area contributed by atoms with Crippen LogP contribution in [0.3, 0.4) is 0 Å². The van der Waals surface area contributed by atoms with Crippen LogP contribution in [-0.2, 0) is 19.1 Å². The Bertz CT molecular complexity index is 1310. The monoisotopic (exact) mass is 541 g/mol. The van der Waals surface area contributed by atoms with Gasteiger partial charge in [-0.2, -0.15) is 40.2 Å². The Morgan fingerprint density at radius 1 is 0.944 bits per heavy atom. The van der Waals surface area contributed by atoms with Crippen LogP contribution in [0.15, 0.2) is 42.6 Å². The zero-order valence-electron chi connectivity index (χ0n) is 17.6. The van der Waals surface area contributed by atoms with Crippen LogP contribution in [0.2, 0.25) is 5.02 Å². The number of hydrogen-bond donors (Lipinski definition) is 2. The lowest BCUT2D eigenvalue weighted by Crippen LogP contribution is -2.36. The molecule has 0 aliphatic carbocycles. The largest absolute Gasteiger partial charge is 0.459 e. The minimum absolute atomic E-state index is 0.0439. The summed E-state index contributed by atoms with van der Waals surface area (Å²) in [5.41, 5.74) is -7.44. The lowest BCUT2D eigenvalue weighted by molar-refractivity contribution is -0.292. The van der Waals surface area contributed by atoms with E-state index >= 15 is 0 Å². The molecule has 2 N–H and O–H groups in total. The van der Waals surface area contributed by atoms with Gasteiger partial charge < -0.3 is 10.6 Å². The first-order valence-electron chi connectivity index (χ1n) is 9.46. The molecule has 0 radical (unpaired) electrons. The number of amides is 2. The van der Waals surface area contributed by atoms with Crippen molar-refractivity contribution in [3.63, 3.8) is 0 Å². The first-order valence-corrected chi connectivity index (χ1v) is 9.84. The number of rotatable bonds is 5. The molecule has 1 aromatic carbocycles. The third-order valence-electron chi connectivity index (χ3n) is 4.57.